The van der Waals surface area contributed by atoms with Crippen LogP contribution in [0.15, 0.2) is 38.6 Å². The van der Waals surface area contributed by atoms with Crippen LogP contribution in [-0.2, 0) is 11.3 Å². The highest BCUT2D eigenvalue weighted by Crippen LogP contribution is 2.30. The minimum Gasteiger partial charge on any atom is -0.467 e. The van der Waals surface area contributed by atoms with Crippen LogP contribution in [0.2, 0.25) is 0 Å². The fourth-order valence-corrected chi connectivity index (χ4v) is 4.61. The van der Waals surface area contributed by atoms with Gasteiger partial charge < -0.3 is 20.8 Å². The lowest BCUT2D eigenvalue weighted by molar-refractivity contribution is -0.115. The molecule has 8 nitrogen and oxygen atoms in total. The van der Waals surface area contributed by atoms with Crippen LogP contribution < -0.4 is 16.4 Å². The molecule has 136 valence electrons. The predicted molar refractivity (Wildman–Crippen MR) is 103 cm³/mol. The molecule has 0 bridgehead atoms. The Labute approximate surface area is 161 Å². The third kappa shape index (κ3) is 4.62. The van der Waals surface area contributed by atoms with Gasteiger partial charge in [0.2, 0.25) is 11.0 Å². The summed E-state index contributed by atoms with van der Waals surface area (Å²) in [4.78, 5) is 23.6. The zero-order valence-electron chi connectivity index (χ0n) is 13.6. The van der Waals surface area contributed by atoms with Crippen LogP contribution in [0.4, 0.5) is 10.1 Å². The number of rotatable bonds is 8. The monoisotopic (exact) mass is 409 g/mol. The van der Waals surface area contributed by atoms with Gasteiger partial charge in [0.15, 0.2) is 4.34 Å². The van der Waals surface area contributed by atoms with Gasteiger partial charge in [-0.3, -0.25) is 9.59 Å². The molecule has 0 aliphatic carbocycles. The number of carbonyl (C=O) groups is 2. The maximum absolute atomic E-state index is 12.3. The Morgan fingerprint density at radius 1 is 1.38 bits per heavy atom. The normalized spacial score (nSPS) is 11.9. The maximum atomic E-state index is 12.3. The van der Waals surface area contributed by atoms with Crippen molar-refractivity contribution in [1.82, 2.24) is 10.2 Å². The van der Waals surface area contributed by atoms with E-state index in [-0.39, 0.29) is 5.91 Å². The van der Waals surface area contributed by atoms with Gasteiger partial charge in [0.1, 0.15) is 10.8 Å². The van der Waals surface area contributed by atoms with Gasteiger partial charge in [0, 0.05) is 0 Å². The van der Waals surface area contributed by atoms with E-state index < -0.39 is 11.2 Å². The summed E-state index contributed by atoms with van der Waals surface area (Å²) in [6.07, 6.45) is 1.61. The van der Waals surface area contributed by atoms with Gasteiger partial charge in [0.05, 0.1) is 23.6 Å². The fraction of sp³-hybridized carbons (Fsp3) is 0.200. The number of nitrogens with two attached hydrogens (primary N) is 1. The van der Waals surface area contributed by atoms with Crippen LogP contribution in [0.25, 0.3) is 0 Å². The van der Waals surface area contributed by atoms with Crippen LogP contribution in [0.1, 0.15) is 23.0 Å². The molecule has 1 atom stereocenters. The Bertz CT molecular complexity index is 890. The summed E-state index contributed by atoms with van der Waals surface area (Å²) < 4.78 is 5.90. The van der Waals surface area contributed by atoms with E-state index in [1.807, 2.05) is 12.1 Å². The van der Waals surface area contributed by atoms with Crippen molar-refractivity contribution in [1.29, 1.82) is 0 Å². The Morgan fingerprint density at radius 3 is 2.96 bits per heavy atom. The molecule has 0 unspecified atom stereocenters. The molecule has 3 rings (SSSR count). The van der Waals surface area contributed by atoms with Gasteiger partial charge in [-0.1, -0.05) is 23.1 Å². The van der Waals surface area contributed by atoms with E-state index in [0.717, 1.165) is 5.76 Å². The second-order valence-corrected chi connectivity index (χ2v) is 8.56. The van der Waals surface area contributed by atoms with E-state index in [0.29, 0.717) is 26.6 Å². The highest BCUT2D eigenvalue weighted by atomic mass is 32.2. The molecular weight excluding hydrogens is 394 g/mol. The Kier molecular flexibility index (Phi) is 5.91. The summed E-state index contributed by atoms with van der Waals surface area (Å²) in [5, 5.41) is 16.3. The number of hydrogen-bond donors (Lipinski definition) is 3. The molecule has 0 aliphatic heterocycles. The molecule has 4 N–H and O–H groups in total. The third-order valence-electron chi connectivity index (χ3n) is 3.21. The quantitative estimate of drug-likeness (QED) is 0.489. The lowest BCUT2D eigenvalue weighted by Gasteiger charge is -2.09. The molecule has 0 saturated heterocycles. The molecule has 3 heterocycles. The highest BCUT2D eigenvalue weighted by molar-refractivity contribution is 8.02. The third-order valence-corrected chi connectivity index (χ3v) is 6.11. The lowest BCUT2D eigenvalue weighted by Crippen LogP contribution is -2.23. The maximum Gasteiger partial charge on any atom is 0.251 e. The molecule has 26 heavy (non-hydrogen) atoms. The minimum atomic E-state index is -0.571. The number of anilines is 2. The molecule has 0 aliphatic rings. The first-order chi connectivity index (χ1) is 12.5. The van der Waals surface area contributed by atoms with Crippen molar-refractivity contribution in [2.24, 2.45) is 5.73 Å². The molecule has 3 aromatic heterocycles. The number of carbonyl (C=O) groups excluding carboxylic acids is 2. The van der Waals surface area contributed by atoms with Crippen molar-refractivity contribution < 1.29 is 14.0 Å². The van der Waals surface area contributed by atoms with Crippen molar-refractivity contribution in [2.45, 2.75) is 23.1 Å². The van der Waals surface area contributed by atoms with Crippen LogP contribution in [0.5, 0.6) is 0 Å². The molecule has 3 aromatic rings. The van der Waals surface area contributed by atoms with Crippen molar-refractivity contribution in [2.75, 3.05) is 10.6 Å². The van der Waals surface area contributed by atoms with E-state index >= 15 is 0 Å². The Morgan fingerprint density at radius 2 is 2.23 bits per heavy atom. The van der Waals surface area contributed by atoms with Gasteiger partial charge in [0.25, 0.3) is 5.91 Å². The van der Waals surface area contributed by atoms with E-state index in [1.165, 1.54) is 34.4 Å². The smallest absolute Gasteiger partial charge is 0.251 e. The predicted octanol–water partition coefficient (Wildman–Crippen LogP) is 3.02. The standard InChI is InChI=1S/C15H15N5O3S3/c1-8(12(22)18-13-10(11(16)21)4-6-24-13)25-15-20-19-14(26-15)17-7-9-3-2-5-23-9/h2-6,8H,7H2,1H3,(H2,16,21)(H,17,19)(H,18,22)/t8-/m1/s1. The molecule has 0 saturated carbocycles. The number of thiophene rings is 1. The summed E-state index contributed by atoms with van der Waals surface area (Å²) in [5.74, 6) is -0.0122. The highest BCUT2D eigenvalue weighted by Gasteiger charge is 2.20. The zero-order valence-corrected chi connectivity index (χ0v) is 16.0. The van der Waals surface area contributed by atoms with E-state index in [1.54, 1.807) is 24.6 Å². The van der Waals surface area contributed by atoms with Gasteiger partial charge in [-0.05, 0) is 30.5 Å². The van der Waals surface area contributed by atoms with Crippen LogP contribution in [-0.4, -0.2) is 27.3 Å². The topological polar surface area (TPSA) is 123 Å². The second-order valence-electron chi connectivity index (χ2n) is 5.08. The van der Waals surface area contributed by atoms with E-state index in [9.17, 15) is 9.59 Å². The van der Waals surface area contributed by atoms with Gasteiger partial charge in [-0.2, -0.15) is 0 Å². The number of hydrogen-bond acceptors (Lipinski definition) is 9. The van der Waals surface area contributed by atoms with Gasteiger partial charge in [-0.25, -0.2) is 0 Å². The largest absolute Gasteiger partial charge is 0.467 e. The second kappa shape index (κ2) is 8.34. The first-order valence-corrected chi connectivity index (χ1v) is 10.0. The number of aromatic nitrogens is 2. The number of amides is 2. The van der Waals surface area contributed by atoms with Crippen molar-refractivity contribution in [3.05, 3.63) is 41.2 Å². The fourth-order valence-electron chi connectivity index (χ4n) is 1.92. The molecule has 0 fully saturated rings. The molecule has 0 spiro atoms. The van der Waals surface area contributed by atoms with E-state index in [2.05, 4.69) is 20.8 Å². The van der Waals surface area contributed by atoms with Gasteiger partial charge in [-0.15, -0.1) is 21.5 Å². The summed E-state index contributed by atoms with van der Waals surface area (Å²) >= 11 is 3.90. The number of nitrogens with one attached hydrogen (secondary N) is 2. The average Bonchev–Trinajstić information content (AvgIpc) is 3.34. The van der Waals surface area contributed by atoms with Crippen LogP contribution in [0.3, 0.4) is 0 Å². The van der Waals surface area contributed by atoms with Crippen molar-refractivity contribution in [3.8, 4) is 0 Å². The Balaban J connectivity index is 1.54. The molecule has 2 amide bonds. The van der Waals surface area contributed by atoms with Crippen molar-refractivity contribution in [3.63, 3.8) is 0 Å². The van der Waals surface area contributed by atoms with Crippen LogP contribution >= 0.6 is 34.4 Å². The average molecular weight is 410 g/mol. The van der Waals surface area contributed by atoms with Crippen LogP contribution in [0, 0.1) is 0 Å². The van der Waals surface area contributed by atoms with Crippen molar-refractivity contribution >= 4 is 56.4 Å². The number of nitrogens with zero attached hydrogens (tertiary/aromatic N) is 2. The molecule has 0 aromatic carbocycles. The molecule has 0 radical (unpaired) electrons. The number of primary amides is 1. The zero-order chi connectivity index (χ0) is 18.5. The summed E-state index contributed by atoms with van der Waals surface area (Å²) in [6.45, 7) is 2.27. The SMILES string of the molecule is C[C@@H](Sc1nnc(NCc2ccco2)s1)C(=O)Nc1sccc1C(N)=O. The Hall–Kier alpha value is -2.37. The summed E-state index contributed by atoms with van der Waals surface area (Å²) in [6, 6.07) is 5.26. The van der Waals surface area contributed by atoms with E-state index in [4.69, 9.17) is 10.2 Å². The van der Waals surface area contributed by atoms with Gasteiger partial charge >= 0.3 is 0 Å². The number of furan rings is 1. The molecular formula is C15H15N5O3S3. The molecule has 11 heteroatoms. The minimum absolute atomic E-state index is 0.236. The lowest BCUT2D eigenvalue weighted by atomic mass is 10.3. The first kappa shape index (κ1) is 18.4. The first-order valence-electron chi connectivity index (χ1n) is 7.47. The summed E-state index contributed by atoms with van der Waals surface area (Å²) in [5.41, 5.74) is 5.59. The number of thioether (sulfide) groups is 1. The summed E-state index contributed by atoms with van der Waals surface area (Å²) in [7, 11) is 0.